The average molecular weight is 170 g/mol. The van der Waals surface area contributed by atoms with Gasteiger partial charge >= 0.3 is 0 Å². The Morgan fingerprint density at radius 1 is 1.33 bits per heavy atom. The van der Waals surface area contributed by atoms with Crippen LogP contribution in [0.3, 0.4) is 0 Å². The molecule has 0 amide bonds. The first-order valence-corrected chi connectivity index (χ1v) is 5.04. The average Bonchev–Trinajstić information content (AvgIpc) is 2.59. The molecule has 0 aromatic heterocycles. The van der Waals surface area contributed by atoms with Crippen LogP contribution in [0.5, 0.6) is 0 Å². The quantitative estimate of drug-likeness (QED) is 0.649. The van der Waals surface area contributed by atoms with Crippen molar-refractivity contribution in [3.63, 3.8) is 0 Å². The van der Waals surface area contributed by atoms with Crippen LogP contribution < -0.4 is 0 Å². The summed E-state index contributed by atoms with van der Waals surface area (Å²) in [5.41, 5.74) is -0.00405. The molecule has 1 saturated heterocycles. The molecule has 1 N–H and O–H groups in total. The van der Waals surface area contributed by atoms with Crippen molar-refractivity contribution in [1.82, 2.24) is 0 Å². The van der Waals surface area contributed by atoms with E-state index in [0.717, 1.165) is 25.9 Å². The fourth-order valence-electron chi connectivity index (χ4n) is 2.75. The minimum Gasteiger partial charge on any atom is -0.393 e. The predicted octanol–water partition coefficient (Wildman–Crippen LogP) is 1.72. The van der Waals surface area contributed by atoms with Crippen LogP contribution in [0.15, 0.2) is 0 Å². The van der Waals surface area contributed by atoms with Crippen molar-refractivity contribution in [2.45, 2.75) is 50.7 Å². The van der Waals surface area contributed by atoms with Crippen molar-refractivity contribution in [1.29, 1.82) is 0 Å². The van der Waals surface area contributed by atoms with Gasteiger partial charge in [0.2, 0.25) is 0 Å². The Hall–Kier alpha value is -0.0800. The zero-order chi connectivity index (χ0) is 8.60. The predicted molar refractivity (Wildman–Crippen MR) is 46.9 cm³/mol. The standard InChI is InChI=1S/C10H18O2/c1-10(6-3-7-12-10)8-4-2-5-9(8)11/h8-9,11H,2-7H2,1H3. The highest BCUT2D eigenvalue weighted by atomic mass is 16.5. The molecule has 0 spiro atoms. The molecule has 2 rings (SSSR count). The summed E-state index contributed by atoms with van der Waals surface area (Å²) in [6.07, 6.45) is 5.49. The van der Waals surface area contributed by atoms with Crippen molar-refractivity contribution in [2.24, 2.45) is 5.92 Å². The van der Waals surface area contributed by atoms with Crippen LogP contribution in [0.1, 0.15) is 39.0 Å². The second-order valence-electron chi connectivity index (χ2n) is 4.37. The Bertz CT molecular complexity index is 161. The van der Waals surface area contributed by atoms with E-state index in [4.69, 9.17) is 4.74 Å². The van der Waals surface area contributed by atoms with Crippen LogP contribution in [0.25, 0.3) is 0 Å². The van der Waals surface area contributed by atoms with Crippen LogP contribution in [-0.2, 0) is 4.74 Å². The van der Waals surface area contributed by atoms with Gasteiger partial charge in [-0.2, -0.15) is 0 Å². The fraction of sp³-hybridized carbons (Fsp3) is 1.00. The molecule has 0 aromatic rings. The zero-order valence-corrected chi connectivity index (χ0v) is 7.75. The number of hydrogen-bond donors (Lipinski definition) is 1. The van der Waals surface area contributed by atoms with Crippen LogP contribution in [0.4, 0.5) is 0 Å². The van der Waals surface area contributed by atoms with Gasteiger partial charge in [-0.25, -0.2) is 0 Å². The van der Waals surface area contributed by atoms with E-state index in [-0.39, 0.29) is 11.7 Å². The molecule has 2 heteroatoms. The first-order valence-electron chi connectivity index (χ1n) is 5.04. The van der Waals surface area contributed by atoms with Crippen molar-refractivity contribution < 1.29 is 9.84 Å². The summed E-state index contributed by atoms with van der Waals surface area (Å²) in [6, 6.07) is 0. The van der Waals surface area contributed by atoms with Crippen molar-refractivity contribution in [3.05, 3.63) is 0 Å². The maximum atomic E-state index is 9.73. The number of rotatable bonds is 1. The molecule has 3 atom stereocenters. The van der Waals surface area contributed by atoms with Gasteiger partial charge in [0.25, 0.3) is 0 Å². The molecule has 3 unspecified atom stereocenters. The molecule has 1 saturated carbocycles. The van der Waals surface area contributed by atoms with Gasteiger partial charge in [0.1, 0.15) is 0 Å². The summed E-state index contributed by atoms with van der Waals surface area (Å²) in [4.78, 5) is 0. The Kier molecular flexibility index (Phi) is 2.13. The topological polar surface area (TPSA) is 29.5 Å². The van der Waals surface area contributed by atoms with Gasteiger partial charge in [-0.3, -0.25) is 0 Å². The van der Waals surface area contributed by atoms with E-state index in [0.29, 0.717) is 5.92 Å². The van der Waals surface area contributed by atoms with Crippen molar-refractivity contribution >= 4 is 0 Å². The molecule has 2 fully saturated rings. The SMILES string of the molecule is CC1(C2CCCC2O)CCCO1. The Morgan fingerprint density at radius 2 is 2.17 bits per heavy atom. The molecule has 1 aliphatic heterocycles. The van der Waals surface area contributed by atoms with Crippen LogP contribution >= 0.6 is 0 Å². The molecule has 0 bridgehead atoms. The first kappa shape index (κ1) is 8.52. The second kappa shape index (κ2) is 3.00. The highest BCUT2D eigenvalue weighted by molar-refractivity contribution is 4.94. The molecular weight excluding hydrogens is 152 g/mol. The summed E-state index contributed by atoms with van der Waals surface area (Å²) in [5, 5.41) is 9.73. The summed E-state index contributed by atoms with van der Waals surface area (Å²) >= 11 is 0. The van der Waals surface area contributed by atoms with Gasteiger partial charge < -0.3 is 9.84 Å². The molecule has 1 heterocycles. The van der Waals surface area contributed by atoms with E-state index >= 15 is 0 Å². The van der Waals surface area contributed by atoms with Crippen molar-refractivity contribution in [2.75, 3.05) is 6.61 Å². The lowest BCUT2D eigenvalue weighted by Gasteiger charge is -2.32. The molecule has 0 radical (unpaired) electrons. The van der Waals surface area contributed by atoms with Gasteiger partial charge in [0.05, 0.1) is 11.7 Å². The Labute approximate surface area is 73.9 Å². The van der Waals surface area contributed by atoms with Crippen molar-refractivity contribution in [3.8, 4) is 0 Å². The first-order chi connectivity index (χ1) is 5.72. The van der Waals surface area contributed by atoms with E-state index in [1.54, 1.807) is 0 Å². The monoisotopic (exact) mass is 170 g/mol. The lowest BCUT2D eigenvalue weighted by atomic mass is 9.84. The van der Waals surface area contributed by atoms with Gasteiger partial charge in [0.15, 0.2) is 0 Å². The van der Waals surface area contributed by atoms with Crippen LogP contribution in [0, 0.1) is 5.92 Å². The molecule has 0 aromatic carbocycles. The Balaban J connectivity index is 2.06. The fourth-order valence-corrected chi connectivity index (χ4v) is 2.75. The largest absolute Gasteiger partial charge is 0.393 e. The van der Waals surface area contributed by atoms with Gasteiger partial charge in [-0.1, -0.05) is 6.42 Å². The lowest BCUT2D eigenvalue weighted by molar-refractivity contribution is -0.0631. The minimum atomic E-state index is -0.104. The number of aliphatic hydroxyl groups is 1. The Morgan fingerprint density at radius 3 is 2.67 bits per heavy atom. The van der Waals surface area contributed by atoms with Crippen LogP contribution in [0.2, 0.25) is 0 Å². The zero-order valence-electron chi connectivity index (χ0n) is 7.75. The van der Waals surface area contributed by atoms with Gasteiger partial charge in [-0.05, 0) is 32.6 Å². The lowest BCUT2D eigenvalue weighted by Crippen LogP contribution is -2.38. The minimum absolute atomic E-state index is 0.00405. The van der Waals surface area contributed by atoms with E-state index in [2.05, 4.69) is 6.92 Å². The van der Waals surface area contributed by atoms with E-state index in [1.807, 2.05) is 0 Å². The maximum absolute atomic E-state index is 9.73. The molecular formula is C10H18O2. The number of hydrogen-bond acceptors (Lipinski definition) is 2. The van der Waals surface area contributed by atoms with E-state index in [1.165, 1.54) is 12.8 Å². The third-order valence-electron chi connectivity index (χ3n) is 3.51. The van der Waals surface area contributed by atoms with E-state index in [9.17, 15) is 5.11 Å². The highest BCUT2D eigenvalue weighted by Crippen LogP contribution is 2.41. The van der Waals surface area contributed by atoms with Gasteiger partial charge in [-0.15, -0.1) is 0 Å². The molecule has 70 valence electrons. The molecule has 2 aliphatic rings. The third-order valence-corrected chi connectivity index (χ3v) is 3.51. The van der Waals surface area contributed by atoms with E-state index < -0.39 is 0 Å². The number of ether oxygens (including phenoxy) is 1. The maximum Gasteiger partial charge on any atom is 0.0708 e. The summed E-state index contributed by atoms with van der Waals surface area (Å²) in [7, 11) is 0. The highest BCUT2D eigenvalue weighted by Gasteiger charge is 2.43. The molecule has 12 heavy (non-hydrogen) atoms. The van der Waals surface area contributed by atoms with Crippen LogP contribution in [-0.4, -0.2) is 23.4 Å². The third kappa shape index (κ3) is 1.27. The summed E-state index contributed by atoms with van der Waals surface area (Å²) in [5.74, 6) is 0.403. The van der Waals surface area contributed by atoms with Gasteiger partial charge in [0, 0.05) is 12.5 Å². The summed E-state index contributed by atoms with van der Waals surface area (Å²) in [6.45, 7) is 3.05. The smallest absolute Gasteiger partial charge is 0.0708 e. The number of aliphatic hydroxyl groups excluding tert-OH is 1. The second-order valence-corrected chi connectivity index (χ2v) is 4.37. The molecule has 1 aliphatic carbocycles. The molecule has 2 nitrogen and oxygen atoms in total. The normalized spacial score (nSPS) is 48.5. The summed E-state index contributed by atoms with van der Waals surface area (Å²) < 4.78 is 5.73.